The molecule has 2 bridgehead atoms. The summed E-state index contributed by atoms with van der Waals surface area (Å²) in [6.45, 7) is 4.04. The van der Waals surface area contributed by atoms with Crippen LogP contribution < -0.4 is 9.64 Å². The first-order valence-electron chi connectivity index (χ1n) is 19.3. The molecule has 0 spiro atoms. The van der Waals surface area contributed by atoms with E-state index < -0.39 is 29.4 Å². The van der Waals surface area contributed by atoms with E-state index in [1.165, 1.54) is 30.5 Å². The van der Waals surface area contributed by atoms with Gasteiger partial charge in [0.25, 0.3) is 0 Å². The summed E-state index contributed by atoms with van der Waals surface area (Å²) in [5.74, 6) is 1.02. The fraction of sp³-hybridized carbons (Fsp3) is 0.512. The summed E-state index contributed by atoms with van der Waals surface area (Å²) >= 11 is 0. The van der Waals surface area contributed by atoms with Crippen LogP contribution in [0.1, 0.15) is 37.7 Å². The Morgan fingerprint density at radius 3 is 2.54 bits per heavy atom. The highest BCUT2D eigenvalue weighted by Gasteiger charge is 2.50. The van der Waals surface area contributed by atoms with Crippen LogP contribution in [0.15, 0.2) is 30.5 Å². The molecule has 57 heavy (non-hydrogen) atoms. The van der Waals surface area contributed by atoms with Gasteiger partial charge in [0.05, 0.1) is 61.6 Å². The minimum absolute atomic E-state index is 0.0888. The van der Waals surface area contributed by atoms with Crippen LogP contribution >= 0.6 is 0 Å². The number of methoxy groups -OCH3 is 1. The molecule has 4 aliphatic rings. The maximum absolute atomic E-state index is 17.1. The second-order valence-corrected chi connectivity index (χ2v) is 15.1. The quantitative estimate of drug-likeness (QED) is 0.133. The Labute approximate surface area is 328 Å². The lowest BCUT2D eigenvalue weighted by molar-refractivity contribution is 0.00699. The number of hydrogen-bond acceptors (Lipinski definition) is 12. The monoisotopic (exact) mass is 790 g/mol. The lowest BCUT2D eigenvalue weighted by Crippen LogP contribution is -2.56. The molecule has 16 heteroatoms. The number of piperazine rings is 1. The standard InChI is InChI=1S/C41H45F3N6O7/c1-3-30-33(43)8-5-25-17-29(51)18-31(34(25)30)36-35(44)37-32(20-45-36)38(47-39(46-37)57-24-41-9-4-10-49(41)21-26(42)19-41)48-22-27-6-7-28(23-48)50(27)40(52)56-16-15-55-14-13-54-12-11-53-2/h1,5,8,17-18,20,26-28,51H,4,6-7,9-16,19,21-24H2,2H3/t26?,27?,28?,41-/m0/s1. The molecule has 4 fully saturated rings. The predicted molar refractivity (Wildman–Crippen MR) is 204 cm³/mol. The van der Waals surface area contributed by atoms with Crippen LogP contribution in [-0.2, 0) is 18.9 Å². The number of alkyl halides is 1. The van der Waals surface area contributed by atoms with Crippen molar-refractivity contribution in [1.29, 1.82) is 0 Å². The molecule has 6 heterocycles. The first kappa shape index (κ1) is 38.9. The van der Waals surface area contributed by atoms with Crippen LogP contribution in [0.25, 0.3) is 32.9 Å². The van der Waals surface area contributed by atoms with E-state index in [2.05, 4.69) is 20.8 Å². The Kier molecular flexibility index (Phi) is 11.3. The van der Waals surface area contributed by atoms with Gasteiger partial charge in [0.1, 0.15) is 48.0 Å². The fourth-order valence-corrected chi connectivity index (χ4v) is 9.02. The molecule has 2 aromatic carbocycles. The van der Waals surface area contributed by atoms with Crippen LogP contribution in [0.3, 0.4) is 0 Å². The van der Waals surface area contributed by atoms with E-state index in [0.29, 0.717) is 69.1 Å². The molecule has 0 radical (unpaired) electrons. The Morgan fingerprint density at radius 1 is 1.04 bits per heavy atom. The zero-order valence-corrected chi connectivity index (χ0v) is 31.7. The van der Waals surface area contributed by atoms with Crippen molar-refractivity contribution in [2.75, 3.05) is 84.4 Å². The number of hydrogen-bond donors (Lipinski definition) is 1. The van der Waals surface area contributed by atoms with E-state index >= 15 is 4.39 Å². The number of carbonyl (C=O) groups excluding carboxylic acids is 1. The maximum Gasteiger partial charge on any atom is 0.410 e. The predicted octanol–water partition coefficient (Wildman–Crippen LogP) is 5.23. The first-order chi connectivity index (χ1) is 27.7. The van der Waals surface area contributed by atoms with Crippen molar-refractivity contribution >= 4 is 33.6 Å². The molecule has 4 aliphatic heterocycles. The van der Waals surface area contributed by atoms with E-state index in [9.17, 15) is 18.7 Å². The third-order valence-corrected chi connectivity index (χ3v) is 11.6. The Balaban J connectivity index is 1.08. The van der Waals surface area contributed by atoms with Gasteiger partial charge in [-0.05, 0) is 55.8 Å². The molecule has 302 valence electrons. The average molecular weight is 791 g/mol. The summed E-state index contributed by atoms with van der Waals surface area (Å²) in [5, 5.41) is 11.5. The number of carbonyl (C=O) groups is 1. The number of aromatic hydroxyl groups is 1. The van der Waals surface area contributed by atoms with E-state index in [4.69, 9.17) is 35.1 Å². The molecule has 4 saturated heterocycles. The lowest BCUT2D eigenvalue weighted by atomic mass is 9.95. The van der Waals surface area contributed by atoms with Crippen molar-refractivity contribution in [3.05, 3.63) is 47.7 Å². The van der Waals surface area contributed by atoms with E-state index in [-0.39, 0.29) is 71.4 Å². The molecule has 4 atom stereocenters. The van der Waals surface area contributed by atoms with E-state index in [1.54, 1.807) is 12.0 Å². The van der Waals surface area contributed by atoms with Crippen molar-refractivity contribution in [2.45, 2.75) is 55.9 Å². The van der Waals surface area contributed by atoms with Gasteiger partial charge in [-0.1, -0.05) is 12.0 Å². The van der Waals surface area contributed by atoms with Crippen LogP contribution in [0, 0.1) is 24.0 Å². The third-order valence-electron chi connectivity index (χ3n) is 11.6. The number of ether oxygens (including phenoxy) is 5. The number of pyridine rings is 1. The maximum atomic E-state index is 17.1. The zero-order valence-electron chi connectivity index (χ0n) is 31.7. The van der Waals surface area contributed by atoms with Crippen LogP contribution in [0.4, 0.5) is 23.8 Å². The van der Waals surface area contributed by atoms with Crippen LogP contribution in [0.2, 0.25) is 0 Å². The summed E-state index contributed by atoms with van der Waals surface area (Å²) in [6, 6.07) is 4.85. The molecule has 8 rings (SSSR count). The second kappa shape index (κ2) is 16.5. The number of halogens is 3. The number of nitrogens with zero attached hydrogens (tertiary/aromatic N) is 6. The van der Waals surface area contributed by atoms with Crippen molar-refractivity contribution in [3.63, 3.8) is 0 Å². The van der Waals surface area contributed by atoms with Gasteiger partial charge in [0.15, 0.2) is 5.82 Å². The Morgan fingerprint density at radius 2 is 1.79 bits per heavy atom. The zero-order chi connectivity index (χ0) is 39.7. The molecule has 0 saturated carbocycles. The second-order valence-electron chi connectivity index (χ2n) is 15.1. The molecule has 0 aliphatic carbocycles. The van der Waals surface area contributed by atoms with Gasteiger partial charge in [0.2, 0.25) is 0 Å². The number of terminal acetylenes is 1. The highest BCUT2D eigenvalue weighted by molar-refractivity contribution is 6.03. The minimum atomic E-state index is -0.972. The fourth-order valence-electron chi connectivity index (χ4n) is 9.02. The summed E-state index contributed by atoms with van der Waals surface area (Å²) < 4.78 is 74.4. The number of anilines is 1. The number of aromatic nitrogens is 3. The number of rotatable bonds is 14. The van der Waals surface area contributed by atoms with Crippen molar-refractivity contribution < 1.29 is 46.8 Å². The van der Waals surface area contributed by atoms with Crippen LogP contribution in [0.5, 0.6) is 11.8 Å². The molecular weight excluding hydrogens is 745 g/mol. The molecule has 1 amide bonds. The summed E-state index contributed by atoms with van der Waals surface area (Å²) in [5.41, 5.74) is -0.825. The average Bonchev–Trinajstić information content (AvgIpc) is 3.82. The largest absolute Gasteiger partial charge is 0.508 e. The van der Waals surface area contributed by atoms with Crippen molar-refractivity contribution in [1.82, 2.24) is 24.8 Å². The first-order valence-corrected chi connectivity index (χ1v) is 19.3. The van der Waals surface area contributed by atoms with Gasteiger partial charge in [-0.2, -0.15) is 9.97 Å². The summed E-state index contributed by atoms with van der Waals surface area (Å²) in [4.78, 5) is 33.1. The van der Waals surface area contributed by atoms with Gasteiger partial charge in [0, 0.05) is 50.3 Å². The highest BCUT2D eigenvalue weighted by Crippen LogP contribution is 2.42. The van der Waals surface area contributed by atoms with Gasteiger partial charge in [-0.25, -0.2) is 18.0 Å². The van der Waals surface area contributed by atoms with Gasteiger partial charge < -0.3 is 33.7 Å². The van der Waals surface area contributed by atoms with Crippen LogP contribution in [-0.4, -0.2) is 139 Å². The topological polar surface area (TPSA) is 132 Å². The Hall–Kier alpha value is -4.95. The molecule has 2 aromatic heterocycles. The lowest BCUT2D eigenvalue weighted by Gasteiger charge is -2.41. The molecule has 3 unspecified atom stereocenters. The van der Waals surface area contributed by atoms with Crippen molar-refractivity contribution in [2.24, 2.45) is 0 Å². The number of benzene rings is 2. The smallest absolute Gasteiger partial charge is 0.410 e. The normalized spacial score (nSPS) is 23.0. The molecular formula is C41H45F3N6O7. The third kappa shape index (κ3) is 7.61. The summed E-state index contributed by atoms with van der Waals surface area (Å²) in [7, 11) is 1.60. The number of amides is 1. The number of phenols is 1. The molecule has 13 nitrogen and oxygen atoms in total. The number of phenolic OH excluding ortho intramolecular Hbond substituents is 1. The molecule has 1 N–H and O–H groups in total. The Bertz CT molecular complexity index is 2180. The van der Waals surface area contributed by atoms with E-state index in [1.807, 2.05) is 4.90 Å². The summed E-state index contributed by atoms with van der Waals surface area (Å²) in [6.07, 6.45) is 9.22. The van der Waals surface area contributed by atoms with E-state index in [0.717, 1.165) is 32.2 Å². The SMILES string of the molecule is C#Cc1c(F)ccc2cc(O)cc(-c3ncc4c(N5CC6CCC(C5)N6C(=O)OCCOCCOCCOC)nc(OC[C@@]56CCCN5CC(F)C6)nc4c3F)c12. The van der Waals surface area contributed by atoms with Gasteiger partial charge in [-0.3, -0.25) is 14.8 Å². The minimum Gasteiger partial charge on any atom is -0.508 e. The molecule has 4 aromatic rings. The number of fused-ring (bicyclic) bond motifs is 5. The van der Waals surface area contributed by atoms with Crippen molar-refractivity contribution in [3.8, 4) is 35.4 Å². The van der Waals surface area contributed by atoms with Gasteiger partial charge in [-0.15, -0.1) is 6.42 Å². The van der Waals surface area contributed by atoms with Gasteiger partial charge >= 0.3 is 12.1 Å². The highest BCUT2D eigenvalue weighted by atomic mass is 19.1.